The Morgan fingerprint density at radius 1 is 1.05 bits per heavy atom. The van der Waals surface area contributed by atoms with Crippen molar-refractivity contribution in [1.82, 2.24) is 0 Å². The number of fused-ring (bicyclic) bond motifs is 2. The molecule has 0 radical (unpaired) electrons. The summed E-state index contributed by atoms with van der Waals surface area (Å²) < 4.78 is 1.41. The van der Waals surface area contributed by atoms with Crippen molar-refractivity contribution < 1.29 is 0 Å². The fourth-order valence-electron chi connectivity index (χ4n) is 3.45. The Morgan fingerprint density at radius 3 is 2.81 bits per heavy atom. The first-order chi connectivity index (χ1) is 10.3. The van der Waals surface area contributed by atoms with Crippen molar-refractivity contribution in [3.05, 3.63) is 70.6 Å². The van der Waals surface area contributed by atoms with Gasteiger partial charge in [0.15, 0.2) is 0 Å². The highest BCUT2D eigenvalue weighted by Gasteiger charge is 2.27. The van der Waals surface area contributed by atoms with Crippen LogP contribution in [0.15, 0.2) is 53.9 Å². The minimum absolute atomic E-state index is 0.487. The predicted molar refractivity (Wildman–Crippen MR) is 95.5 cm³/mol. The Hall–Kier alpha value is -1.12. The average Bonchev–Trinajstić information content (AvgIpc) is 2.94. The maximum Gasteiger partial charge on any atom is 0.0429 e. The van der Waals surface area contributed by atoms with E-state index in [-0.39, 0.29) is 0 Å². The van der Waals surface area contributed by atoms with Crippen LogP contribution in [0, 0.1) is 5.92 Å². The number of hydrogen-bond acceptors (Lipinski definition) is 1. The van der Waals surface area contributed by atoms with E-state index >= 15 is 0 Å². The van der Waals surface area contributed by atoms with Gasteiger partial charge in [-0.15, -0.1) is 11.3 Å². The highest BCUT2D eigenvalue weighted by Crippen LogP contribution is 2.43. The largest absolute Gasteiger partial charge is 0.144 e. The predicted octanol–water partition coefficient (Wildman–Crippen LogP) is 6.14. The third-order valence-corrected chi connectivity index (χ3v) is 6.85. The first kappa shape index (κ1) is 13.5. The minimum Gasteiger partial charge on any atom is -0.144 e. The average molecular weight is 357 g/mol. The van der Waals surface area contributed by atoms with E-state index in [1.165, 1.54) is 46.0 Å². The molecule has 1 aromatic heterocycles. The molecule has 0 spiro atoms. The first-order valence-corrected chi connectivity index (χ1v) is 9.29. The smallest absolute Gasteiger partial charge is 0.0429 e. The van der Waals surface area contributed by atoms with E-state index in [1.807, 2.05) is 11.3 Å². The molecule has 1 heterocycles. The fourth-order valence-corrected chi connectivity index (χ4v) is 5.32. The Bertz CT molecular complexity index is 774. The summed E-state index contributed by atoms with van der Waals surface area (Å²) in [5, 5.41) is 3.80. The molecule has 0 amide bonds. The number of benzene rings is 2. The third kappa shape index (κ3) is 2.45. The molecule has 0 N–H and O–H groups in total. The summed E-state index contributed by atoms with van der Waals surface area (Å²) in [6.45, 7) is 0. The normalized spacial score (nSPS) is 21.4. The van der Waals surface area contributed by atoms with Gasteiger partial charge in [0, 0.05) is 9.53 Å². The molecule has 2 unspecified atom stereocenters. The third-order valence-electron chi connectivity index (χ3n) is 4.59. The van der Waals surface area contributed by atoms with Gasteiger partial charge in [-0.2, -0.15) is 0 Å². The first-order valence-electron chi connectivity index (χ1n) is 7.50. The maximum atomic E-state index is 3.97. The van der Waals surface area contributed by atoms with Gasteiger partial charge in [0.05, 0.1) is 0 Å². The molecule has 0 bridgehead atoms. The van der Waals surface area contributed by atoms with Crippen molar-refractivity contribution in [3.8, 4) is 0 Å². The van der Waals surface area contributed by atoms with Gasteiger partial charge in [0.2, 0.25) is 0 Å². The Labute approximate surface area is 137 Å². The molecule has 2 atom stereocenters. The topological polar surface area (TPSA) is 0 Å². The van der Waals surface area contributed by atoms with Crippen LogP contribution in [0.5, 0.6) is 0 Å². The molecular weight excluding hydrogens is 340 g/mol. The zero-order valence-corrected chi connectivity index (χ0v) is 14.2. The van der Waals surface area contributed by atoms with Gasteiger partial charge >= 0.3 is 0 Å². The Kier molecular flexibility index (Phi) is 3.60. The summed E-state index contributed by atoms with van der Waals surface area (Å²) in [4.78, 5) is 0.487. The number of hydrogen-bond donors (Lipinski definition) is 0. The van der Waals surface area contributed by atoms with Crippen LogP contribution in [0.3, 0.4) is 0 Å². The van der Waals surface area contributed by atoms with Crippen molar-refractivity contribution in [2.24, 2.45) is 5.92 Å². The van der Waals surface area contributed by atoms with Crippen LogP contribution in [-0.4, -0.2) is 0 Å². The quantitative estimate of drug-likeness (QED) is 0.483. The van der Waals surface area contributed by atoms with Crippen LogP contribution >= 0.6 is 27.3 Å². The van der Waals surface area contributed by atoms with E-state index < -0.39 is 0 Å². The van der Waals surface area contributed by atoms with Crippen LogP contribution < -0.4 is 0 Å². The molecule has 0 fully saturated rings. The number of halogens is 1. The molecule has 1 aliphatic carbocycles. The Balaban J connectivity index is 1.64. The number of aryl methyl sites for hydroxylation is 1. The highest BCUT2D eigenvalue weighted by molar-refractivity contribution is 9.09. The van der Waals surface area contributed by atoms with Crippen LogP contribution in [0.25, 0.3) is 10.1 Å². The van der Waals surface area contributed by atoms with Gasteiger partial charge in [0.1, 0.15) is 0 Å². The van der Waals surface area contributed by atoms with E-state index in [0.29, 0.717) is 10.7 Å². The molecule has 0 aliphatic heterocycles. The molecule has 1 aliphatic rings. The SMILES string of the molecule is BrC1c2ccccc2CCC1Cc1csc2ccccc12. The second kappa shape index (κ2) is 5.58. The zero-order chi connectivity index (χ0) is 14.2. The summed E-state index contributed by atoms with van der Waals surface area (Å²) >= 11 is 5.84. The van der Waals surface area contributed by atoms with E-state index in [2.05, 4.69) is 69.8 Å². The maximum absolute atomic E-state index is 3.97. The van der Waals surface area contributed by atoms with Crippen LogP contribution in [-0.2, 0) is 12.8 Å². The van der Waals surface area contributed by atoms with Crippen LogP contribution in [0.2, 0.25) is 0 Å². The number of thiophene rings is 1. The second-order valence-corrected chi connectivity index (χ2v) is 7.76. The molecule has 3 aromatic rings. The summed E-state index contributed by atoms with van der Waals surface area (Å²) in [6, 6.07) is 17.7. The molecule has 0 nitrogen and oxygen atoms in total. The van der Waals surface area contributed by atoms with Gasteiger partial charge in [-0.25, -0.2) is 0 Å². The van der Waals surface area contributed by atoms with Gasteiger partial charge in [0.25, 0.3) is 0 Å². The summed E-state index contributed by atoms with van der Waals surface area (Å²) in [7, 11) is 0. The van der Waals surface area contributed by atoms with Gasteiger partial charge in [-0.1, -0.05) is 58.4 Å². The second-order valence-electron chi connectivity index (χ2n) is 5.86. The van der Waals surface area contributed by atoms with E-state index in [1.54, 1.807) is 0 Å². The van der Waals surface area contributed by atoms with Gasteiger partial charge in [-0.3, -0.25) is 0 Å². The summed E-state index contributed by atoms with van der Waals surface area (Å²) in [5.74, 6) is 0.693. The van der Waals surface area contributed by atoms with Crippen molar-refractivity contribution in [3.63, 3.8) is 0 Å². The molecule has 106 valence electrons. The molecule has 2 heteroatoms. The lowest BCUT2D eigenvalue weighted by molar-refractivity contribution is 0.454. The van der Waals surface area contributed by atoms with Crippen molar-refractivity contribution in [1.29, 1.82) is 0 Å². The monoisotopic (exact) mass is 356 g/mol. The van der Waals surface area contributed by atoms with E-state index in [4.69, 9.17) is 0 Å². The number of alkyl halides is 1. The minimum atomic E-state index is 0.487. The molecular formula is C19H17BrS. The lowest BCUT2D eigenvalue weighted by atomic mass is 9.81. The lowest BCUT2D eigenvalue weighted by Gasteiger charge is -2.30. The van der Waals surface area contributed by atoms with E-state index in [0.717, 1.165) is 0 Å². The highest BCUT2D eigenvalue weighted by atomic mass is 79.9. The molecule has 0 saturated heterocycles. The standard InChI is InChI=1S/C19H17BrS/c20-19-14(10-9-13-5-1-2-7-17(13)19)11-15-12-21-18-8-4-3-6-16(15)18/h1-8,12,14,19H,9-11H2. The molecule has 4 rings (SSSR count). The van der Waals surface area contributed by atoms with Crippen molar-refractivity contribution in [2.75, 3.05) is 0 Å². The summed E-state index contributed by atoms with van der Waals surface area (Å²) in [5.41, 5.74) is 4.53. The summed E-state index contributed by atoms with van der Waals surface area (Å²) in [6.07, 6.45) is 3.66. The van der Waals surface area contributed by atoms with Gasteiger partial charge < -0.3 is 0 Å². The van der Waals surface area contributed by atoms with Crippen molar-refractivity contribution >= 4 is 37.4 Å². The van der Waals surface area contributed by atoms with Crippen LogP contribution in [0.4, 0.5) is 0 Å². The number of rotatable bonds is 2. The zero-order valence-electron chi connectivity index (χ0n) is 11.8. The van der Waals surface area contributed by atoms with Gasteiger partial charge in [-0.05, 0) is 58.7 Å². The fraction of sp³-hybridized carbons (Fsp3) is 0.263. The molecule has 0 saturated carbocycles. The van der Waals surface area contributed by atoms with Crippen molar-refractivity contribution in [2.45, 2.75) is 24.1 Å². The molecule has 2 aromatic carbocycles. The lowest BCUT2D eigenvalue weighted by Crippen LogP contribution is -2.18. The van der Waals surface area contributed by atoms with E-state index in [9.17, 15) is 0 Å². The Morgan fingerprint density at radius 2 is 1.86 bits per heavy atom. The molecule has 21 heavy (non-hydrogen) atoms. The van der Waals surface area contributed by atoms with Crippen LogP contribution in [0.1, 0.15) is 27.9 Å².